The molecule has 0 aliphatic carbocycles. The topological polar surface area (TPSA) is 34.2 Å². The Labute approximate surface area is 159 Å². The first kappa shape index (κ1) is 16.6. The maximum atomic E-state index is 5.33. The standard InChI is InChI=1S/C12H18N2O.Rn/c1-8(2)13-7-11-10(4)12(15-5)9(3)6-14-11;/h6,13H,1,7H2,2-5H3;. The van der Waals surface area contributed by atoms with Crippen LogP contribution in [0.4, 0.5) is 0 Å². The molecule has 90 valence electrons. The fourth-order valence-corrected chi connectivity index (χ4v) is 1.48. The SMILES string of the molecule is C=C(C)NCc1ncc(C)c(OC)c1C.[Rn]. The molecule has 0 unspecified atom stereocenters. The van der Waals surface area contributed by atoms with Gasteiger partial charge in [0.1, 0.15) is 5.75 Å². The summed E-state index contributed by atoms with van der Waals surface area (Å²) in [6, 6.07) is 0. The van der Waals surface area contributed by atoms with Crippen LogP contribution in [0.25, 0.3) is 0 Å². The Morgan fingerprint density at radius 1 is 1.50 bits per heavy atom. The number of ether oxygens (including phenoxy) is 1. The second-order valence-electron chi connectivity index (χ2n) is 3.68. The Kier molecular flexibility index (Phi) is 8.14. The minimum Gasteiger partial charge on any atom is -0.496 e. The van der Waals surface area contributed by atoms with E-state index in [2.05, 4.69) is 16.9 Å². The fourth-order valence-electron chi connectivity index (χ4n) is 1.48. The van der Waals surface area contributed by atoms with Gasteiger partial charge in [-0.15, -0.1) is 0 Å². The van der Waals surface area contributed by atoms with Gasteiger partial charge in [-0.2, -0.15) is 0 Å². The molecule has 0 spiro atoms. The van der Waals surface area contributed by atoms with E-state index in [0.29, 0.717) is 6.54 Å². The molecule has 0 fully saturated rings. The summed E-state index contributed by atoms with van der Waals surface area (Å²) < 4.78 is 5.33. The van der Waals surface area contributed by atoms with Crippen LogP contribution in [0.1, 0.15) is 23.7 Å². The predicted octanol–water partition coefficient (Wildman–Crippen LogP) is 2.33. The van der Waals surface area contributed by atoms with Crippen molar-refractivity contribution in [3.63, 3.8) is 0 Å². The van der Waals surface area contributed by atoms with Crippen LogP contribution in [0.15, 0.2) is 18.5 Å². The smallest absolute Gasteiger partial charge is 0.128 e. The molecular formula is C12H18N2ORn. The van der Waals surface area contributed by atoms with E-state index in [0.717, 1.165) is 28.3 Å². The average molecular weight is 428 g/mol. The molecule has 4 heteroatoms. The Morgan fingerprint density at radius 2 is 2.12 bits per heavy atom. The summed E-state index contributed by atoms with van der Waals surface area (Å²) in [4.78, 5) is 4.37. The quantitative estimate of drug-likeness (QED) is 0.800. The van der Waals surface area contributed by atoms with Gasteiger partial charge in [0.05, 0.1) is 19.3 Å². The molecule has 0 saturated heterocycles. The summed E-state index contributed by atoms with van der Waals surface area (Å²) in [6.07, 6.45) is 1.83. The van der Waals surface area contributed by atoms with E-state index >= 15 is 0 Å². The number of aryl methyl sites for hydroxylation is 1. The zero-order valence-corrected chi connectivity index (χ0v) is 12.9. The van der Waals surface area contributed by atoms with Gasteiger partial charge < -0.3 is 10.1 Å². The van der Waals surface area contributed by atoms with Gasteiger partial charge in [-0.3, -0.25) is 4.98 Å². The van der Waals surface area contributed by atoms with Crippen molar-refractivity contribution in [1.29, 1.82) is 0 Å². The zero-order valence-electron chi connectivity index (χ0n) is 10.2. The molecule has 0 aliphatic rings. The van der Waals surface area contributed by atoms with E-state index < -0.39 is 0 Å². The van der Waals surface area contributed by atoms with Crippen LogP contribution in [0.3, 0.4) is 0 Å². The Morgan fingerprint density at radius 3 is 2.62 bits per heavy atom. The van der Waals surface area contributed by atoms with Gasteiger partial charge in [0.25, 0.3) is 0 Å². The van der Waals surface area contributed by atoms with Crippen LogP contribution < -0.4 is 10.1 Å². The molecule has 0 bridgehead atoms. The Bertz CT molecular complexity index is 378. The summed E-state index contributed by atoms with van der Waals surface area (Å²) in [6.45, 7) is 10.4. The van der Waals surface area contributed by atoms with Crippen molar-refractivity contribution in [1.82, 2.24) is 10.3 Å². The maximum Gasteiger partial charge on any atom is 0.128 e. The fraction of sp³-hybridized carbons (Fsp3) is 0.417. The van der Waals surface area contributed by atoms with E-state index in [1.54, 1.807) is 7.11 Å². The van der Waals surface area contributed by atoms with Crippen molar-refractivity contribution >= 4 is 0 Å². The third kappa shape index (κ3) is 4.47. The van der Waals surface area contributed by atoms with E-state index in [1.165, 1.54) is 0 Å². The van der Waals surface area contributed by atoms with Gasteiger partial charge in [-0.25, -0.2) is 0 Å². The molecule has 1 N–H and O–H groups in total. The van der Waals surface area contributed by atoms with Crippen LogP contribution >= 0.6 is 0 Å². The van der Waals surface area contributed by atoms with E-state index in [-0.39, 0.29) is 71.9 Å². The van der Waals surface area contributed by atoms with Gasteiger partial charge >= 0.3 is 0 Å². The summed E-state index contributed by atoms with van der Waals surface area (Å²) in [7, 11) is 1.69. The molecule has 0 atom stereocenters. The minimum atomic E-state index is 0. The number of hydrogen-bond acceptors (Lipinski definition) is 3. The largest absolute Gasteiger partial charge is 0.496 e. The molecule has 1 aromatic heterocycles. The van der Waals surface area contributed by atoms with Crippen molar-refractivity contribution in [2.45, 2.75) is 27.3 Å². The van der Waals surface area contributed by atoms with Gasteiger partial charge in [-0.05, 0) is 20.8 Å². The molecule has 3 nitrogen and oxygen atoms in total. The van der Waals surface area contributed by atoms with Gasteiger partial charge in [0, 0.05) is 94.9 Å². The van der Waals surface area contributed by atoms with E-state index in [9.17, 15) is 0 Å². The second kappa shape index (κ2) is 7.84. The van der Waals surface area contributed by atoms with E-state index in [4.69, 9.17) is 4.74 Å². The third-order valence-corrected chi connectivity index (χ3v) is 2.31. The van der Waals surface area contributed by atoms with Crippen molar-refractivity contribution in [3.05, 3.63) is 35.3 Å². The number of pyridine rings is 1. The van der Waals surface area contributed by atoms with Gasteiger partial charge in [0.15, 0.2) is 0 Å². The number of aromatic nitrogens is 1. The monoisotopic (exact) mass is 428 g/mol. The predicted molar refractivity (Wildman–Crippen MR) is 61.9 cm³/mol. The molecule has 0 aromatic carbocycles. The molecule has 0 radical (unpaired) electrons. The second-order valence-corrected chi connectivity index (χ2v) is 3.68. The maximum absolute atomic E-state index is 5.33. The minimum absolute atomic E-state index is 0. The molecular weight excluding hydrogens is 410 g/mol. The van der Waals surface area contributed by atoms with Crippen LogP contribution in [0.2, 0.25) is 0 Å². The Hall–Kier alpha value is 0.607. The van der Waals surface area contributed by atoms with Crippen LogP contribution in [-0.4, -0.2) is 12.1 Å². The number of rotatable bonds is 4. The molecule has 1 rings (SSSR count). The normalized spacial score (nSPS) is 9.25. The number of allylic oxidation sites excluding steroid dienone is 1. The van der Waals surface area contributed by atoms with E-state index in [1.807, 2.05) is 27.0 Å². The summed E-state index contributed by atoms with van der Waals surface area (Å²) in [5.74, 6) is 0.920. The molecule has 1 heterocycles. The summed E-state index contributed by atoms with van der Waals surface area (Å²) in [5, 5.41) is 3.16. The van der Waals surface area contributed by atoms with Crippen LogP contribution in [-0.2, 0) is 6.54 Å². The van der Waals surface area contributed by atoms with Crippen molar-refractivity contribution in [2.75, 3.05) is 7.11 Å². The first-order valence-electron chi connectivity index (χ1n) is 4.94. The summed E-state index contributed by atoms with van der Waals surface area (Å²) in [5.41, 5.74) is 4.09. The molecule has 0 aliphatic heterocycles. The third-order valence-electron chi connectivity index (χ3n) is 2.31. The number of methoxy groups -OCH3 is 1. The van der Waals surface area contributed by atoms with Crippen molar-refractivity contribution in [2.24, 2.45) is 0 Å². The van der Waals surface area contributed by atoms with Gasteiger partial charge in [-0.1, -0.05) is 6.58 Å². The first-order chi connectivity index (χ1) is 7.06. The first-order valence-corrected chi connectivity index (χ1v) is 4.94. The van der Waals surface area contributed by atoms with Crippen molar-refractivity contribution < 1.29 is 76.6 Å². The number of hydrogen-bond donors (Lipinski definition) is 1. The molecule has 0 amide bonds. The van der Waals surface area contributed by atoms with Crippen LogP contribution in [0, 0.1) is 85.7 Å². The number of nitrogens with one attached hydrogen (secondary N) is 1. The van der Waals surface area contributed by atoms with Crippen LogP contribution in [0.5, 0.6) is 5.75 Å². The van der Waals surface area contributed by atoms with Crippen molar-refractivity contribution in [3.8, 4) is 5.75 Å². The summed E-state index contributed by atoms with van der Waals surface area (Å²) >= 11 is 0. The zero-order chi connectivity index (χ0) is 11.4. The Balaban J connectivity index is 0.00000225. The molecule has 16 heavy (non-hydrogen) atoms. The molecule has 1 aromatic rings. The molecule has 0 saturated carbocycles. The average Bonchev–Trinajstić information content (AvgIpc) is 2.17. The number of nitrogens with zero attached hydrogens (tertiary/aromatic N) is 1. The van der Waals surface area contributed by atoms with Gasteiger partial charge in [0.2, 0.25) is 0 Å².